The summed E-state index contributed by atoms with van der Waals surface area (Å²) in [6.45, 7) is 2.81. The molecule has 1 N–H and O–H groups in total. The molecule has 0 spiro atoms. The quantitative estimate of drug-likeness (QED) is 0.806. The fourth-order valence-corrected chi connectivity index (χ4v) is 2.07. The molecule has 1 saturated heterocycles. The van der Waals surface area contributed by atoms with Crippen molar-refractivity contribution in [3.63, 3.8) is 0 Å². The van der Waals surface area contributed by atoms with Crippen molar-refractivity contribution in [1.29, 1.82) is 0 Å². The van der Waals surface area contributed by atoms with Gasteiger partial charge in [-0.3, -0.25) is 4.90 Å². The lowest BCUT2D eigenvalue weighted by Crippen LogP contribution is -2.47. The number of aromatic nitrogens is 2. The van der Waals surface area contributed by atoms with Crippen molar-refractivity contribution >= 4 is 0 Å². The van der Waals surface area contributed by atoms with Crippen LogP contribution in [0, 0.1) is 0 Å². The minimum Gasteiger partial charge on any atom is -0.395 e. The maximum atomic E-state index is 9.26. The van der Waals surface area contributed by atoms with Crippen molar-refractivity contribution in [2.45, 2.75) is 31.3 Å². The highest BCUT2D eigenvalue weighted by molar-refractivity contribution is 5.01. The van der Waals surface area contributed by atoms with Gasteiger partial charge in [0.05, 0.1) is 32.4 Å². The molecule has 94 valence electrons. The minimum absolute atomic E-state index is 0.0478. The number of morpholine rings is 1. The summed E-state index contributed by atoms with van der Waals surface area (Å²) in [6.07, 6.45) is 2.33. The highest BCUT2D eigenvalue weighted by Gasteiger charge is 2.30. The zero-order valence-corrected chi connectivity index (χ0v) is 9.71. The molecule has 1 aromatic rings. The Kier molecular flexibility index (Phi) is 3.09. The first-order valence-electron chi connectivity index (χ1n) is 6.12. The Morgan fingerprint density at radius 1 is 1.41 bits per heavy atom. The summed E-state index contributed by atoms with van der Waals surface area (Å²) in [6, 6.07) is 0.0478. The second-order valence-corrected chi connectivity index (χ2v) is 4.70. The molecule has 1 aliphatic heterocycles. The maximum Gasteiger partial charge on any atom is 0.229 e. The van der Waals surface area contributed by atoms with Crippen LogP contribution in [-0.4, -0.2) is 52.6 Å². The van der Waals surface area contributed by atoms with E-state index in [2.05, 4.69) is 15.0 Å². The smallest absolute Gasteiger partial charge is 0.229 e. The van der Waals surface area contributed by atoms with Crippen molar-refractivity contribution in [3.8, 4) is 0 Å². The molecule has 0 amide bonds. The number of aliphatic hydroxyl groups is 1. The number of nitrogens with zero attached hydrogens (tertiary/aromatic N) is 3. The van der Waals surface area contributed by atoms with Gasteiger partial charge in [0.1, 0.15) is 0 Å². The van der Waals surface area contributed by atoms with Gasteiger partial charge in [0.2, 0.25) is 5.89 Å². The van der Waals surface area contributed by atoms with Crippen LogP contribution in [0.1, 0.15) is 30.5 Å². The highest BCUT2D eigenvalue weighted by atomic mass is 16.5. The summed E-state index contributed by atoms with van der Waals surface area (Å²) in [5.41, 5.74) is 0. The largest absolute Gasteiger partial charge is 0.395 e. The Morgan fingerprint density at radius 3 is 3.06 bits per heavy atom. The van der Waals surface area contributed by atoms with Gasteiger partial charge >= 0.3 is 0 Å². The molecule has 0 bridgehead atoms. The minimum atomic E-state index is 0.0478. The van der Waals surface area contributed by atoms with Crippen molar-refractivity contribution < 1.29 is 14.4 Å². The summed E-state index contributed by atoms with van der Waals surface area (Å²) < 4.78 is 10.5. The van der Waals surface area contributed by atoms with Gasteiger partial charge in [0.15, 0.2) is 5.82 Å². The second-order valence-electron chi connectivity index (χ2n) is 4.70. The normalized spacial score (nSPS) is 26.3. The molecule has 1 aliphatic carbocycles. The maximum absolute atomic E-state index is 9.26. The summed E-state index contributed by atoms with van der Waals surface area (Å²) in [4.78, 5) is 6.54. The van der Waals surface area contributed by atoms with E-state index in [1.807, 2.05) is 0 Å². The molecule has 2 aliphatic rings. The van der Waals surface area contributed by atoms with E-state index in [-0.39, 0.29) is 12.6 Å². The van der Waals surface area contributed by atoms with Gasteiger partial charge in [-0.2, -0.15) is 4.98 Å². The van der Waals surface area contributed by atoms with E-state index in [0.29, 0.717) is 31.5 Å². The molecule has 6 nitrogen and oxygen atoms in total. The topological polar surface area (TPSA) is 71.6 Å². The summed E-state index contributed by atoms with van der Waals surface area (Å²) >= 11 is 0. The van der Waals surface area contributed by atoms with Crippen LogP contribution in [0.2, 0.25) is 0 Å². The molecule has 0 aromatic carbocycles. The van der Waals surface area contributed by atoms with Crippen LogP contribution < -0.4 is 0 Å². The molecular formula is C11H17N3O3. The van der Waals surface area contributed by atoms with Gasteiger partial charge in [-0.05, 0) is 12.8 Å². The van der Waals surface area contributed by atoms with Gasteiger partial charge in [0.25, 0.3) is 0 Å². The lowest BCUT2D eigenvalue weighted by Gasteiger charge is -2.33. The molecule has 1 saturated carbocycles. The van der Waals surface area contributed by atoms with Crippen molar-refractivity contribution in [2.75, 3.05) is 26.4 Å². The lowest BCUT2D eigenvalue weighted by atomic mass is 10.2. The van der Waals surface area contributed by atoms with Gasteiger partial charge in [-0.25, -0.2) is 0 Å². The zero-order chi connectivity index (χ0) is 11.7. The number of hydrogen-bond donors (Lipinski definition) is 1. The Morgan fingerprint density at radius 2 is 2.29 bits per heavy atom. The molecule has 1 unspecified atom stereocenters. The van der Waals surface area contributed by atoms with Gasteiger partial charge < -0.3 is 14.4 Å². The molecule has 1 atom stereocenters. The SMILES string of the molecule is OCC1COCCN1Cc1noc(C2CC2)n1. The third-order valence-corrected chi connectivity index (χ3v) is 3.32. The van der Waals surface area contributed by atoms with E-state index < -0.39 is 0 Å². The van der Waals surface area contributed by atoms with Gasteiger partial charge in [-0.15, -0.1) is 0 Å². The first-order chi connectivity index (χ1) is 8.36. The average Bonchev–Trinajstić information content (AvgIpc) is 3.11. The standard InChI is InChI=1S/C11H17N3O3/c15-6-9-7-16-4-3-14(9)5-10-12-11(17-13-10)8-1-2-8/h8-9,15H,1-7H2. The first kappa shape index (κ1) is 11.1. The number of rotatable bonds is 4. The van der Waals surface area contributed by atoms with Crippen LogP contribution in [-0.2, 0) is 11.3 Å². The monoisotopic (exact) mass is 239 g/mol. The lowest BCUT2D eigenvalue weighted by molar-refractivity contribution is -0.0324. The molecule has 17 heavy (non-hydrogen) atoms. The van der Waals surface area contributed by atoms with Crippen LogP contribution in [0.15, 0.2) is 4.52 Å². The summed E-state index contributed by atoms with van der Waals surface area (Å²) in [7, 11) is 0. The van der Waals surface area contributed by atoms with Crippen LogP contribution >= 0.6 is 0 Å². The highest BCUT2D eigenvalue weighted by Crippen LogP contribution is 2.38. The Hall–Kier alpha value is -0.980. The van der Waals surface area contributed by atoms with E-state index in [1.54, 1.807) is 0 Å². The van der Waals surface area contributed by atoms with E-state index in [1.165, 1.54) is 12.8 Å². The number of ether oxygens (including phenoxy) is 1. The van der Waals surface area contributed by atoms with Crippen LogP contribution in [0.5, 0.6) is 0 Å². The molecule has 1 aromatic heterocycles. The fourth-order valence-electron chi connectivity index (χ4n) is 2.07. The number of aliphatic hydroxyl groups excluding tert-OH is 1. The van der Waals surface area contributed by atoms with E-state index in [0.717, 1.165) is 12.4 Å². The molecule has 3 rings (SSSR count). The van der Waals surface area contributed by atoms with Crippen LogP contribution in [0.3, 0.4) is 0 Å². The third kappa shape index (κ3) is 2.48. The average molecular weight is 239 g/mol. The summed E-state index contributed by atoms with van der Waals surface area (Å²) in [5, 5.41) is 13.2. The van der Waals surface area contributed by atoms with Crippen LogP contribution in [0.25, 0.3) is 0 Å². The van der Waals surface area contributed by atoms with Crippen molar-refractivity contribution in [2.24, 2.45) is 0 Å². The Bertz CT molecular complexity index is 378. The van der Waals surface area contributed by atoms with Gasteiger partial charge in [-0.1, -0.05) is 5.16 Å². The third-order valence-electron chi connectivity index (χ3n) is 3.32. The van der Waals surface area contributed by atoms with Crippen LogP contribution in [0.4, 0.5) is 0 Å². The van der Waals surface area contributed by atoms with E-state index >= 15 is 0 Å². The van der Waals surface area contributed by atoms with Crippen molar-refractivity contribution in [3.05, 3.63) is 11.7 Å². The number of hydrogen-bond acceptors (Lipinski definition) is 6. The molecule has 6 heteroatoms. The van der Waals surface area contributed by atoms with Crippen molar-refractivity contribution in [1.82, 2.24) is 15.0 Å². The second kappa shape index (κ2) is 4.72. The predicted octanol–water partition coefficient (Wildman–Crippen LogP) is 0.140. The Balaban J connectivity index is 1.63. The molecule has 0 radical (unpaired) electrons. The predicted molar refractivity (Wildman–Crippen MR) is 58.4 cm³/mol. The summed E-state index contributed by atoms with van der Waals surface area (Å²) in [5.74, 6) is 1.98. The Labute approximate surface area is 99.6 Å². The molecule has 2 heterocycles. The molecular weight excluding hydrogens is 222 g/mol. The van der Waals surface area contributed by atoms with Gasteiger partial charge in [0, 0.05) is 12.5 Å². The first-order valence-corrected chi connectivity index (χ1v) is 6.12. The zero-order valence-electron chi connectivity index (χ0n) is 9.71. The van der Waals surface area contributed by atoms with E-state index in [9.17, 15) is 5.11 Å². The fraction of sp³-hybridized carbons (Fsp3) is 0.818. The van der Waals surface area contributed by atoms with E-state index in [4.69, 9.17) is 9.26 Å². The molecule has 2 fully saturated rings.